The van der Waals surface area contributed by atoms with Gasteiger partial charge in [0.2, 0.25) is 0 Å². The van der Waals surface area contributed by atoms with Gasteiger partial charge in [-0.1, -0.05) is 17.7 Å². The van der Waals surface area contributed by atoms with Crippen LogP contribution in [0.5, 0.6) is 11.5 Å². The van der Waals surface area contributed by atoms with Gasteiger partial charge in [0.05, 0.1) is 23.1 Å². The molecule has 90 valence electrons. The van der Waals surface area contributed by atoms with E-state index in [0.29, 0.717) is 28.3 Å². The van der Waals surface area contributed by atoms with Gasteiger partial charge in [0, 0.05) is 6.04 Å². The summed E-state index contributed by atoms with van der Waals surface area (Å²) in [5, 5.41) is 4.67. The molecule has 1 heterocycles. The van der Waals surface area contributed by atoms with Crippen LogP contribution in [0.3, 0.4) is 0 Å². The number of nitrogens with zero attached hydrogens (tertiary/aromatic N) is 2. The molecule has 5 heteroatoms. The first-order valence-electron chi connectivity index (χ1n) is 5.34. The number of hydrogen-bond donors (Lipinski definition) is 1. The van der Waals surface area contributed by atoms with Gasteiger partial charge in [-0.3, -0.25) is 4.68 Å². The van der Waals surface area contributed by atoms with Crippen LogP contribution in [-0.2, 0) is 0 Å². The van der Waals surface area contributed by atoms with E-state index in [1.54, 1.807) is 24.4 Å². The molecule has 0 bridgehead atoms. The van der Waals surface area contributed by atoms with Crippen molar-refractivity contribution in [3.63, 3.8) is 0 Å². The zero-order valence-electron chi connectivity index (χ0n) is 9.72. The Bertz CT molecular complexity index is 522. The maximum absolute atomic E-state index is 5.91. The maximum atomic E-state index is 5.91. The minimum absolute atomic E-state index is 0.295. The van der Waals surface area contributed by atoms with Gasteiger partial charge in [0.15, 0.2) is 11.5 Å². The predicted molar refractivity (Wildman–Crippen MR) is 68.6 cm³/mol. The average molecular weight is 252 g/mol. The predicted octanol–water partition coefficient (Wildman–Crippen LogP) is 3.49. The van der Waals surface area contributed by atoms with Crippen molar-refractivity contribution in [2.24, 2.45) is 0 Å². The van der Waals surface area contributed by atoms with Crippen LogP contribution in [0, 0.1) is 0 Å². The fraction of sp³-hybridized carbons (Fsp3) is 0.250. The molecule has 0 saturated heterocycles. The van der Waals surface area contributed by atoms with E-state index in [9.17, 15) is 0 Å². The molecule has 0 atom stereocenters. The van der Waals surface area contributed by atoms with Crippen LogP contribution in [-0.4, -0.2) is 9.78 Å². The molecule has 0 spiro atoms. The van der Waals surface area contributed by atoms with Gasteiger partial charge < -0.3 is 10.5 Å². The summed E-state index contributed by atoms with van der Waals surface area (Å²) in [4.78, 5) is 0. The molecule has 0 fully saturated rings. The summed E-state index contributed by atoms with van der Waals surface area (Å²) in [6, 6.07) is 5.58. The van der Waals surface area contributed by atoms with Gasteiger partial charge in [-0.05, 0) is 26.0 Å². The number of hydrogen-bond acceptors (Lipinski definition) is 3. The summed E-state index contributed by atoms with van der Waals surface area (Å²) in [5.74, 6) is 1.19. The van der Waals surface area contributed by atoms with E-state index >= 15 is 0 Å². The van der Waals surface area contributed by atoms with E-state index in [-0.39, 0.29) is 0 Å². The Kier molecular flexibility index (Phi) is 3.24. The minimum atomic E-state index is 0.295. The second-order valence-electron chi connectivity index (χ2n) is 4.00. The van der Waals surface area contributed by atoms with Crippen LogP contribution in [0.15, 0.2) is 30.6 Å². The Hall–Kier alpha value is -1.68. The lowest BCUT2D eigenvalue weighted by Gasteiger charge is -2.07. The second-order valence-corrected chi connectivity index (χ2v) is 4.41. The molecule has 0 aliphatic rings. The van der Waals surface area contributed by atoms with Crippen molar-refractivity contribution in [2.45, 2.75) is 19.9 Å². The topological polar surface area (TPSA) is 53.1 Å². The molecule has 2 rings (SSSR count). The van der Waals surface area contributed by atoms with E-state index in [0.717, 1.165) is 0 Å². The smallest absolute Gasteiger partial charge is 0.165 e. The first-order valence-corrected chi connectivity index (χ1v) is 5.71. The second kappa shape index (κ2) is 4.67. The number of benzene rings is 1. The monoisotopic (exact) mass is 251 g/mol. The summed E-state index contributed by atoms with van der Waals surface area (Å²) in [5.41, 5.74) is 6.25. The van der Waals surface area contributed by atoms with Crippen molar-refractivity contribution in [1.29, 1.82) is 0 Å². The van der Waals surface area contributed by atoms with Gasteiger partial charge in [-0.25, -0.2) is 0 Å². The molecule has 1 aromatic carbocycles. The summed E-state index contributed by atoms with van der Waals surface area (Å²) >= 11 is 5.91. The molecule has 1 aromatic heterocycles. The highest BCUT2D eigenvalue weighted by molar-refractivity contribution is 6.33. The Morgan fingerprint density at radius 2 is 2.18 bits per heavy atom. The quantitative estimate of drug-likeness (QED) is 0.850. The largest absolute Gasteiger partial charge is 0.452 e. The summed E-state index contributed by atoms with van der Waals surface area (Å²) < 4.78 is 7.44. The molecule has 0 radical (unpaired) electrons. The van der Waals surface area contributed by atoms with Crippen molar-refractivity contribution in [2.75, 3.05) is 5.73 Å². The Morgan fingerprint density at radius 3 is 2.82 bits per heavy atom. The SMILES string of the molecule is CC(C)n1cc(Oc2cccc(Cl)c2N)cn1. The number of aromatic nitrogens is 2. The number of rotatable bonds is 3. The van der Waals surface area contributed by atoms with Crippen LogP contribution >= 0.6 is 11.6 Å². The van der Waals surface area contributed by atoms with E-state index in [1.807, 2.05) is 24.7 Å². The molecular weight excluding hydrogens is 238 g/mol. The van der Waals surface area contributed by atoms with E-state index < -0.39 is 0 Å². The molecular formula is C12H14ClN3O. The molecule has 0 unspecified atom stereocenters. The van der Waals surface area contributed by atoms with Crippen LogP contribution in [0.4, 0.5) is 5.69 Å². The number of ether oxygens (including phenoxy) is 1. The zero-order chi connectivity index (χ0) is 12.4. The first kappa shape index (κ1) is 11.8. The van der Waals surface area contributed by atoms with Gasteiger partial charge in [0.1, 0.15) is 0 Å². The van der Waals surface area contributed by atoms with Crippen molar-refractivity contribution in [3.05, 3.63) is 35.6 Å². The first-order chi connectivity index (χ1) is 8.08. The summed E-state index contributed by atoms with van der Waals surface area (Å²) in [6.07, 6.45) is 3.48. The molecule has 2 N–H and O–H groups in total. The lowest BCUT2D eigenvalue weighted by Crippen LogP contribution is -1.99. The Labute approximate surface area is 105 Å². The van der Waals surface area contributed by atoms with E-state index in [2.05, 4.69) is 5.10 Å². The van der Waals surface area contributed by atoms with Gasteiger partial charge in [0.25, 0.3) is 0 Å². The zero-order valence-corrected chi connectivity index (χ0v) is 10.5. The lowest BCUT2D eigenvalue weighted by molar-refractivity contribution is 0.479. The third kappa shape index (κ3) is 2.53. The minimum Gasteiger partial charge on any atom is -0.452 e. The van der Waals surface area contributed by atoms with Crippen LogP contribution < -0.4 is 10.5 Å². The van der Waals surface area contributed by atoms with E-state index in [1.165, 1.54) is 0 Å². The average Bonchev–Trinajstić information content (AvgIpc) is 2.73. The van der Waals surface area contributed by atoms with Gasteiger partial charge >= 0.3 is 0 Å². The van der Waals surface area contributed by atoms with Gasteiger partial charge in [-0.2, -0.15) is 5.10 Å². The number of nitrogens with two attached hydrogens (primary N) is 1. The Morgan fingerprint density at radius 1 is 1.41 bits per heavy atom. The van der Waals surface area contributed by atoms with Crippen molar-refractivity contribution in [3.8, 4) is 11.5 Å². The fourth-order valence-electron chi connectivity index (χ4n) is 1.39. The van der Waals surface area contributed by atoms with Crippen LogP contribution in [0.2, 0.25) is 5.02 Å². The number of anilines is 1. The molecule has 0 aliphatic carbocycles. The number of nitrogen functional groups attached to an aromatic ring is 1. The highest BCUT2D eigenvalue weighted by Crippen LogP contribution is 2.32. The van der Waals surface area contributed by atoms with Crippen molar-refractivity contribution >= 4 is 17.3 Å². The number of para-hydroxylation sites is 1. The summed E-state index contributed by atoms with van der Waals surface area (Å²) in [7, 11) is 0. The standard InChI is InChI=1S/C12H14ClN3O/c1-8(2)16-7-9(6-15-16)17-11-5-3-4-10(13)12(11)14/h3-8H,14H2,1-2H3. The molecule has 0 saturated carbocycles. The normalized spacial score (nSPS) is 10.8. The third-order valence-corrected chi connectivity index (χ3v) is 2.68. The van der Waals surface area contributed by atoms with Crippen molar-refractivity contribution < 1.29 is 4.74 Å². The van der Waals surface area contributed by atoms with E-state index in [4.69, 9.17) is 22.1 Å². The summed E-state index contributed by atoms with van der Waals surface area (Å²) in [6.45, 7) is 4.09. The third-order valence-electron chi connectivity index (χ3n) is 2.35. The maximum Gasteiger partial charge on any atom is 0.165 e. The molecule has 4 nitrogen and oxygen atoms in total. The van der Waals surface area contributed by atoms with Crippen LogP contribution in [0.1, 0.15) is 19.9 Å². The molecule has 0 aliphatic heterocycles. The fourth-order valence-corrected chi connectivity index (χ4v) is 1.55. The van der Waals surface area contributed by atoms with Crippen LogP contribution in [0.25, 0.3) is 0 Å². The number of halogens is 1. The molecule has 0 amide bonds. The molecule has 2 aromatic rings. The lowest BCUT2D eigenvalue weighted by atomic mass is 10.3. The molecule has 17 heavy (non-hydrogen) atoms. The van der Waals surface area contributed by atoms with Crippen molar-refractivity contribution in [1.82, 2.24) is 9.78 Å². The van der Waals surface area contributed by atoms with Gasteiger partial charge in [-0.15, -0.1) is 0 Å². The highest BCUT2D eigenvalue weighted by Gasteiger charge is 2.07. The highest BCUT2D eigenvalue weighted by atomic mass is 35.5. The Balaban J connectivity index is 2.22.